The SMILES string of the molecule is O=C1N(Cc2ccccn2)CCC12CCN(S(=O)(=O)c1ccc(F)c(F)c1)C2. The number of carbonyl (C=O) groups is 1. The van der Waals surface area contributed by atoms with Gasteiger partial charge in [0.05, 0.1) is 22.5 Å². The summed E-state index contributed by atoms with van der Waals surface area (Å²) >= 11 is 0. The van der Waals surface area contributed by atoms with Crippen molar-refractivity contribution in [1.82, 2.24) is 14.2 Å². The summed E-state index contributed by atoms with van der Waals surface area (Å²) in [6.45, 7) is 1.14. The molecule has 1 aromatic heterocycles. The van der Waals surface area contributed by atoms with Gasteiger partial charge in [-0.1, -0.05) is 6.07 Å². The Morgan fingerprint density at radius 1 is 1.07 bits per heavy atom. The van der Waals surface area contributed by atoms with E-state index in [2.05, 4.69) is 4.98 Å². The normalized spacial score (nSPS) is 23.1. The average Bonchev–Trinajstić information content (AvgIpc) is 3.25. The van der Waals surface area contributed by atoms with E-state index < -0.39 is 27.1 Å². The van der Waals surface area contributed by atoms with Crippen LogP contribution in [0.1, 0.15) is 18.5 Å². The molecule has 0 N–H and O–H groups in total. The highest BCUT2D eigenvalue weighted by Gasteiger charge is 2.53. The fraction of sp³-hybridized carbons (Fsp3) is 0.368. The van der Waals surface area contributed by atoms with Crippen molar-refractivity contribution in [3.05, 3.63) is 59.9 Å². The minimum Gasteiger partial charge on any atom is -0.336 e. The Balaban J connectivity index is 1.51. The van der Waals surface area contributed by atoms with Crippen LogP contribution in [0.5, 0.6) is 0 Å². The number of pyridine rings is 1. The maximum absolute atomic E-state index is 13.5. The van der Waals surface area contributed by atoms with E-state index in [-0.39, 0.29) is 23.9 Å². The van der Waals surface area contributed by atoms with Gasteiger partial charge >= 0.3 is 0 Å². The van der Waals surface area contributed by atoms with Gasteiger partial charge in [0, 0.05) is 25.8 Å². The molecule has 6 nitrogen and oxygen atoms in total. The molecule has 1 aromatic carbocycles. The summed E-state index contributed by atoms with van der Waals surface area (Å²) in [7, 11) is -4.00. The lowest BCUT2D eigenvalue weighted by Gasteiger charge is -2.23. The summed E-state index contributed by atoms with van der Waals surface area (Å²) in [5.41, 5.74) is 0.0117. The van der Waals surface area contributed by atoms with Crippen molar-refractivity contribution in [2.24, 2.45) is 5.41 Å². The lowest BCUT2D eigenvalue weighted by atomic mass is 9.86. The molecule has 9 heteroatoms. The molecule has 1 amide bonds. The summed E-state index contributed by atoms with van der Waals surface area (Å²) in [5.74, 6) is -2.40. The highest BCUT2D eigenvalue weighted by molar-refractivity contribution is 7.89. The van der Waals surface area contributed by atoms with Gasteiger partial charge in [-0.25, -0.2) is 17.2 Å². The van der Waals surface area contributed by atoms with Crippen LogP contribution in [0.4, 0.5) is 8.78 Å². The molecule has 1 spiro atoms. The molecule has 3 heterocycles. The Labute approximate surface area is 161 Å². The quantitative estimate of drug-likeness (QED) is 0.779. The van der Waals surface area contributed by atoms with Crippen LogP contribution in [-0.2, 0) is 21.4 Å². The summed E-state index contributed by atoms with van der Waals surface area (Å²) in [4.78, 5) is 18.6. The number of hydrogen-bond donors (Lipinski definition) is 0. The van der Waals surface area contributed by atoms with Gasteiger partial charge in [-0.15, -0.1) is 0 Å². The van der Waals surface area contributed by atoms with Crippen LogP contribution < -0.4 is 0 Å². The third-order valence-electron chi connectivity index (χ3n) is 5.53. The van der Waals surface area contributed by atoms with Gasteiger partial charge in [-0.3, -0.25) is 9.78 Å². The van der Waals surface area contributed by atoms with Crippen LogP contribution in [0.2, 0.25) is 0 Å². The predicted octanol–water partition coefficient (Wildman–Crippen LogP) is 2.17. The monoisotopic (exact) mass is 407 g/mol. The topological polar surface area (TPSA) is 70.6 Å². The largest absolute Gasteiger partial charge is 0.336 e. The molecular formula is C19H19F2N3O3S. The van der Waals surface area contributed by atoms with E-state index in [0.717, 1.165) is 17.8 Å². The maximum atomic E-state index is 13.5. The molecule has 2 aliphatic heterocycles. The number of nitrogens with zero attached hydrogens (tertiary/aromatic N) is 3. The van der Waals surface area contributed by atoms with Crippen LogP contribution in [-0.4, -0.2) is 48.1 Å². The van der Waals surface area contributed by atoms with Gasteiger partial charge < -0.3 is 4.90 Å². The first-order valence-electron chi connectivity index (χ1n) is 8.96. The Morgan fingerprint density at radius 3 is 2.57 bits per heavy atom. The fourth-order valence-electron chi connectivity index (χ4n) is 3.94. The smallest absolute Gasteiger partial charge is 0.243 e. The van der Waals surface area contributed by atoms with Crippen molar-refractivity contribution in [3.8, 4) is 0 Å². The van der Waals surface area contributed by atoms with E-state index in [1.165, 1.54) is 4.31 Å². The van der Waals surface area contributed by atoms with Crippen LogP contribution in [0.3, 0.4) is 0 Å². The molecule has 0 saturated carbocycles. The third kappa shape index (κ3) is 3.18. The van der Waals surface area contributed by atoms with Crippen LogP contribution >= 0.6 is 0 Å². The first kappa shape index (κ1) is 18.9. The summed E-state index contributed by atoms with van der Waals surface area (Å²) in [5, 5.41) is 0. The second kappa shape index (κ2) is 6.89. The zero-order chi connectivity index (χ0) is 19.9. The minimum atomic E-state index is -4.00. The number of carbonyl (C=O) groups excluding carboxylic acids is 1. The molecule has 2 aromatic rings. The van der Waals surface area contributed by atoms with E-state index in [4.69, 9.17) is 0 Å². The fourth-order valence-corrected chi connectivity index (χ4v) is 5.47. The third-order valence-corrected chi connectivity index (χ3v) is 7.37. The number of sulfonamides is 1. The van der Waals surface area contributed by atoms with Crippen molar-refractivity contribution in [2.45, 2.75) is 24.3 Å². The highest BCUT2D eigenvalue weighted by Crippen LogP contribution is 2.42. The van der Waals surface area contributed by atoms with Crippen molar-refractivity contribution >= 4 is 15.9 Å². The van der Waals surface area contributed by atoms with Crippen LogP contribution in [0, 0.1) is 17.0 Å². The van der Waals surface area contributed by atoms with E-state index in [0.29, 0.717) is 32.0 Å². The van der Waals surface area contributed by atoms with E-state index >= 15 is 0 Å². The highest BCUT2D eigenvalue weighted by atomic mass is 32.2. The summed E-state index contributed by atoms with van der Waals surface area (Å²) in [6.07, 6.45) is 2.63. The van der Waals surface area contributed by atoms with Crippen LogP contribution in [0.15, 0.2) is 47.5 Å². The number of hydrogen-bond acceptors (Lipinski definition) is 4. The van der Waals surface area contributed by atoms with E-state index in [1.54, 1.807) is 17.2 Å². The lowest BCUT2D eigenvalue weighted by Crippen LogP contribution is -2.38. The van der Waals surface area contributed by atoms with Gasteiger partial charge in [0.25, 0.3) is 0 Å². The lowest BCUT2D eigenvalue weighted by molar-refractivity contribution is -0.135. The summed E-state index contributed by atoms with van der Waals surface area (Å²) < 4.78 is 53.5. The van der Waals surface area contributed by atoms with E-state index in [1.807, 2.05) is 12.1 Å². The zero-order valence-electron chi connectivity index (χ0n) is 15.0. The Hall–Kier alpha value is -2.39. The van der Waals surface area contributed by atoms with Gasteiger partial charge in [-0.05, 0) is 43.2 Å². The minimum absolute atomic E-state index is 0.0475. The molecule has 2 fully saturated rings. The number of likely N-dealkylation sites (tertiary alicyclic amines) is 1. The molecule has 2 aliphatic rings. The molecule has 0 bridgehead atoms. The van der Waals surface area contributed by atoms with Gasteiger partial charge in [0.1, 0.15) is 0 Å². The average molecular weight is 407 g/mol. The first-order chi connectivity index (χ1) is 13.3. The Kier molecular flexibility index (Phi) is 4.67. The second-order valence-electron chi connectivity index (χ2n) is 7.24. The van der Waals surface area contributed by atoms with Crippen molar-refractivity contribution in [2.75, 3.05) is 19.6 Å². The number of rotatable bonds is 4. The molecular weight excluding hydrogens is 388 g/mol. The second-order valence-corrected chi connectivity index (χ2v) is 9.18. The van der Waals surface area contributed by atoms with E-state index in [9.17, 15) is 22.0 Å². The number of aromatic nitrogens is 1. The summed E-state index contributed by atoms with van der Waals surface area (Å²) in [6, 6.07) is 8.01. The number of amides is 1. The van der Waals surface area contributed by atoms with Gasteiger partial charge in [0.15, 0.2) is 11.6 Å². The number of benzene rings is 1. The molecule has 0 aliphatic carbocycles. The van der Waals surface area contributed by atoms with Gasteiger partial charge in [-0.2, -0.15) is 4.31 Å². The molecule has 4 rings (SSSR count). The Morgan fingerprint density at radius 2 is 1.86 bits per heavy atom. The van der Waals surface area contributed by atoms with Crippen molar-refractivity contribution in [1.29, 1.82) is 0 Å². The molecule has 1 unspecified atom stereocenters. The zero-order valence-corrected chi connectivity index (χ0v) is 15.8. The van der Waals surface area contributed by atoms with Crippen molar-refractivity contribution in [3.63, 3.8) is 0 Å². The maximum Gasteiger partial charge on any atom is 0.243 e. The molecule has 28 heavy (non-hydrogen) atoms. The predicted molar refractivity (Wildman–Crippen MR) is 96.4 cm³/mol. The molecule has 0 radical (unpaired) electrons. The molecule has 2 saturated heterocycles. The molecule has 148 valence electrons. The van der Waals surface area contributed by atoms with Gasteiger partial charge in [0.2, 0.25) is 15.9 Å². The van der Waals surface area contributed by atoms with Crippen molar-refractivity contribution < 1.29 is 22.0 Å². The number of halogens is 2. The van der Waals surface area contributed by atoms with Crippen LogP contribution in [0.25, 0.3) is 0 Å². The Bertz CT molecular complexity index is 1020. The molecule has 1 atom stereocenters. The first-order valence-corrected chi connectivity index (χ1v) is 10.4. The standard InChI is InChI=1S/C19H19F2N3O3S/c20-16-5-4-15(11-17(16)21)28(26,27)24-10-7-19(13-24)6-9-23(18(19)25)12-14-3-1-2-8-22-14/h1-5,8,11H,6-7,9-10,12-13H2.